The molecule has 32 heavy (non-hydrogen) atoms. The Labute approximate surface area is 189 Å². The molecule has 0 spiro atoms. The van der Waals surface area contributed by atoms with Crippen LogP contribution in [0.1, 0.15) is 28.6 Å². The average Bonchev–Trinajstić information content (AvgIpc) is 3.50. The lowest BCUT2D eigenvalue weighted by Gasteiger charge is -2.20. The monoisotopic (exact) mass is 442 g/mol. The van der Waals surface area contributed by atoms with Gasteiger partial charge in [-0.1, -0.05) is 54.7 Å². The van der Waals surface area contributed by atoms with Gasteiger partial charge in [0.15, 0.2) is 5.13 Å². The molecule has 0 N–H and O–H groups in total. The molecule has 0 saturated carbocycles. The lowest BCUT2D eigenvalue weighted by atomic mass is 10.0. The third-order valence-corrected chi connectivity index (χ3v) is 6.58. The zero-order chi connectivity index (χ0) is 22.1. The van der Waals surface area contributed by atoms with Crippen molar-refractivity contribution in [2.75, 3.05) is 12.0 Å². The van der Waals surface area contributed by atoms with E-state index >= 15 is 0 Å². The second-order valence-electron chi connectivity index (χ2n) is 7.48. The lowest BCUT2D eigenvalue weighted by molar-refractivity contribution is 0.0980. The van der Waals surface area contributed by atoms with Gasteiger partial charge in [0, 0.05) is 0 Å². The zero-order valence-electron chi connectivity index (χ0n) is 17.9. The van der Waals surface area contributed by atoms with Crippen molar-refractivity contribution in [3.05, 3.63) is 89.9 Å². The van der Waals surface area contributed by atoms with Gasteiger partial charge < -0.3 is 9.15 Å². The Morgan fingerprint density at radius 2 is 1.88 bits per heavy atom. The highest BCUT2D eigenvalue weighted by Gasteiger charge is 2.26. The molecule has 0 fully saturated rings. The Bertz CT molecular complexity index is 1410. The van der Waals surface area contributed by atoms with Gasteiger partial charge in [-0.15, -0.1) is 0 Å². The maximum absolute atomic E-state index is 13.9. The highest BCUT2D eigenvalue weighted by Crippen LogP contribution is 2.35. The normalized spacial score (nSPS) is 11.2. The molecule has 2 heterocycles. The summed E-state index contributed by atoms with van der Waals surface area (Å²) < 4.78 is 12.2. The minimum Gasteiger partial charge on any atom is -0.496 e. The van der Waals surface area contributed by atoms with Gasteiger partial charge in [-0.3, -0.25) is 9.69 Å². The minimum atomic E-state index is -0.180. The van der Waals surface area contributed by atoms with E-state index in [0.29, 0.717) is 22.2 Å². The van der Waals surface area contributed by atoms with Crippen LogP contribution in [-0.4, -0.2) is 18.0 Å². The first kappa shape index (κ1) is 20.3. The molecule has 5 aromatic rings. The quantitative estimate of drug-likeness (QED) is 0.303. The molecule has 0 unspecified atom stereocenters. The number of hydrogen-bond acceptors (Lipinski definition) is 5. The van der Waals surface area contributed by atoms with E-state index in [0.717, 1.165) is 27.4 Å². The van der Waals surface area contributed by atoms with E-state index in [-0.39, 0.29) is 12.5 Å². The Kier molecular flexibility index (Phi) is 5.37. The van der Waals surface area contributed by atoms with Crippen LogP contribution in [-0.2, 0) is 13.0 Å². The first-order valence-corrected chi connectivity index (χ1v) is 11.3. The Hall–Kier alpha value is -3.64. The van der Waals surface area contributed by atoms with E-state index in [1.165, 1.54) is 16.9 Å². The van der Waals surface area contributed by atoms with Crippen molar-refractivity contribution in [2.24, 2.45) is 0 Å². The number of benzene rings is 3. The van der Waals surface area contributed by atoms with Crippen LogP contribution in [0.4, 0.5) is 5.13 Å². The molecule has 0 aliphatic rings. The van der Waals surface area contributed by atoms with E-state index in [4.69, 9.17) is 14.1 Å². The molecule has 3 aromatic carbocycles. The fourth-order valence-corrected chi connectivity index (χ4v) is 4.89. The van der Waals surface area contributed by atoms with Crippen molar-refractivity contribution >= 4 is 43.4 Å². The van der Waals surface area contributed by atoms with Crippen LogP contribution in [0.15, 0.2) is 77.4 Å². The summed E-state index contributed by atoms with van der Waals surface area (Å²) in [6, 6.07) is 21.6. The second-order valence-corrected chi connectivity index (χ2v) is 8.49. The smallest absolute Gasteiger partial charge is 0.264 e. The van der Waals surface area contributed by atoms with Crippen molar-refractivity contribution in [3.63, 3.8) is 0 Å². The summed E-state index contributed by atoms with van der Waals surface area (Å²) in [7, 11) is 1.59. The van der Waals surface area contributed by atoms with Gasteiger partial charge in [0.05, 0.1) is 35.7 Å². The van der Waals surface area contributed by atoms with Gasteiger partial charge in [-0.2, -0.15) is 0 Å². The number of ether oxygens (including phenoxy) is 1. The number of nitrogens with zero attached hydrogens (tertiary/aromatic N) is 2. The fraction of sp³-hybridized carbons (Fsp3) is 0.154. The summed E-state index contributed by atoms with van der Waals surface area (Å²) in [5.41, 5.74) is 2.60. The Morgan fingerprint density at radius 3 is 2.59 bits per heavy atom. The van der Waals surface area contributed by atoms with Crippen molar-refractivity contribution in [1.29, 1.82) is 0 Å². The first-order valence-electron chi connectivity index (χ1n) is 10.5. The number of anilines is 1. The molecule has 5 rings (SSSR count). The fourth-order valence-electron chi connectivity index (χ4n) is 3.88. The summed E-state index contributed by atoms with van der Waals surface area (Å²) in [4.78, 5) is 20.4. The molecule has 1 amide bonds. The highest BCUT2D eigenvalue weighted by atomic mass is 32.1. The molecule has 0 aliphatic heterocycles. The van der Waals surface area contributed by atoms with Crippen LogP contribution < -0.4 is 9.64 Å². The van der Waals surface area contributed by atoms with Crippen molar-refractivity contribution < 1.29 is 13.9 Å². The molecule has 0 bridgehead atoms. The predicted octanol–water partition coefficient (Wildman–Crippen LogP) is 6.46. The van der Waals surface area contributed by atoms with E-state index in [1.807, 2.05) is 60.7 Å². The summed E-state index contributed by atoms with van der Waals surface area (Å²) in [5, 5.41) is 2.63. The number of aryl methyl sites for hydroxylation is 1. The van der Waals surface area contributed by atoms with E-state index < -0.39 is 0 Å². The Balaban J connectivity index is 1.64. The summed E-state index contributed by atoms with van der Waals surface area (Å²) >= 11 is 1.51. The van der Waals surface area contributed by atoms with Crippen LogP contribution in [0.5, 0.6) is 5.75 Å². The van der Waals surface area contributed by atoms with Crippen LogP contribution in [0.3, 0.4) is 0 Å². The third-order valence-electron chi connectivity index (χ3n) is 5.54. The van der Waals surface area contributed by atoms with Crippen LogP contribution in [0.2, 0.25) is 0 Å². The van der Waals surface area contributed by atoms with Crippen molar-refractivity contribution in [1.82, 2.24) is 4.98 Å². The van der Waals surface area contributed by atoms with Gasteiger partial charge >= 0.3 is 0 Å². The number of hydrogen-bond donors (Lipinski definition) is 0. The van der Waals surface area contributed by atoms with E-state index in [1.54, 1.807) is 18.3 Å². The lowest BCUT2D eigenvalue weighted by Crippen LogP contribution is -2.30. The number of carbonyl (C=O) groups excluding carboxylic acids is 1. The first-order chi connectivity index (χ1) is 15.7. The number of para-hydroxylation sites is 1. The summed E-state index contributed by atoms with van der Waals surface area (Å²) in [6.45, 7) is 2.39. The molecule has 0 aliphatic carbocycles. The predicted molar refractivity (Wildman–Crippen MR) is 129 cm³/mol. The maximum Gasteiger partial charge on any atom is 0.264 e. The van der Waals surface area contributed by atoms with Gasteiger partial charge in [0.2, 0.25) is 0 Å². The standard InChI is InChI=1S/C26H22N2O3S/c1-3-17-10-6-12-23-24(17)27-26(32-23)28(16-20-11-7-13-31-20)25(29)21-14-18-8-4-5-9-19(18)15-22(21)30-2/h4-15H,3,16H2,1-2H3. The number of thiazole rings is 1. The molecule has 0 saturated heterocycles. The van der Waals surface area contributed by atoms with Crippen molar-refractivity contribution in [3.8, 4) is 5.75 Å². The Morgan fingerprint density at radius 1 is 1.06 bits per heavy atom. The molecule has 160 valence electrons. The maximum atomic E-state index is 13.9. The van der Waals surface area contributed by atoms with Crippen LogP contribution in [0, 0.1) is 0 Å². The number of amides is 1. The topological polar surface area (TPSA) is 55.6 Å². The second kappa shape index (κ2) is 8.48. The number of rotatable bonds is 6. The summed E-state index contributed by atoms with van der Waals surface area (Å²) in [5.74, 6) is 1.04. The minimum absolute atomic E-state index is 0.180. The molecular formula is C26H22N2O3S. The number of aromatic nitrogens is 1. The third kappa shape index (κ3) is 3.63. The van der Waals surface area contributed by atoms with Gasteiger partial charge in [-0.25, -0.2) is 4.98 Å². The van der Waals surface area contributed by atoms with E-state index in [9.17, 15) is 4.79 Å². The molecule has 0 radical (unpaired) electrons. The zero-order valence-corrected chi connectivity index (χ0v) is 18.7. The molecular weight excluding hydrogens is 420 g/mol. The largest absolute Gasteiger partial charge is 0.496 e. The number of furan rings is 1. The summed E-state index contributed by atoms with van der Waals surface area (Å²) in [6.07, 6.45) is 2.49. The van der Waals surface area contributed by atoms with Gasteiger partial charge in [0.25, 0.3) is 5.91 Å². The van der Waals surface area contributed by atoms with Crippen molar-refractivity contribution in [2.45, 2.75) is 19.9 Å². The van der Waals surface area contributed by atoms with Gasteiger partial charge in [0.1, 0.15) is 11.5 Å². The number of methoxy groups -OCH3 is 1. The highest BCUT2D eigenvalue weighted by molar-refractivity contribution is 7.22. The molecule has 5 nitrogen and oxygen atoms in total. The van der Waals surface area contributed by atoms with Crippen LogP contribution in [0.25, 0.3) is 21.0 Å². The van der Waals surface area contributed by atoms with E-state index in [2.05, 4.69) is 13.0 Å². The van der Waals surface area contributed by atoms with Gasteiger partial charge in [-0.05, 0) is 53.1 Å². The average molecular weight is 443 g/mol. The SMILES string of the molecule is CCc1cccc2sc(N(Cc3ccco3)C(=O)c3cc4ccccc4cc3OC)nc12. The molecule has 6 heteroatoms. The molecule has 2 aromatic heterocycles. The number of carbonyl (C=O) groups is 1. The molecule has 0 atom stereocenters. The number of fused-ring (bicyclic) bond motifs is 2. The van der Waals surface area contributed by atoms with Crippen LogP contribution >= 0.6 is 11.3 Å².